The van der Waals surface area contributed by atoms with Gasteiger partial charge in [-0.25, -0.2) is 4.79 Å². The van der Waals surface area contributed by atoms with Crippen LogP contribution in [0.3, 0.4) is 0 Å². The van der Waals surface area contributed by atoms with E-state index in [1.165, 1.54) is 4.90 Å². The summed E-state index contributed by atoms with van der Waals surface area (Å²) in [6.45, 7) is 5.76. The van der Waals surface area contributed by atoms with Crippen LogP contribution in [0.2, 0.25) is 0 Å². The molecule has 0 bridgehead atoms. The molecule has 0 aliphatic heterocycles. The third kappa shape index (κ3) is 3.76. The number of anilines is 1. The first-order chi connectivity index (χ1) is 8.20. The second-order valence-corrected chi connectivity index (χ2v) is 5.20. The van der Waals surface area contributed by atoms with Crippen molar-refractivity contribution in [1.29, 1.82) is 5.41 Å². The lowest BCUT2D eigenvalue weighted by Crippen LogP contribution is -2.47. The Morgan fingerprint density at radius 2 is 2.00 bits per heavy atom. The third-order valence-corrected chi connectivity index (χ3v) is 2.33. The molecular formula is C13H20N4O. The maximum atomic E-state index is 12.0. The van der Waals surface area contributed by atoms with Crippen LogP contribution in [-0.4, -0.2) is 24.5 Å². The fourth-order valence-corrected chi connectivity index (χ4v) is 1.40. The molecule has 98 valence electrons. The number of amides is 2. The largest absolute Gasteiger partial charge is 0.384 e. The highest BCUT2D eigenvalue weighted by atomic mass is 16.2. The average Bonchev–Trinajstić information content (AvgIpc) is 2.26. The molecule has 0 heterocycles. The van der Waals surface area contributed by atoms with Gasteiger partial charge in [0.15, 0.2) is 0 Å². The number of urea groups is 1. The summed E-state index contributed by atoms with van der Waals surface area (Å²) in [7, 11) is 1.68. The highest BCUT2D eigenvalue weighted by Crippen LogP contribution is 2.15. The maximum absolute atomic E-state index is 12.0. The van der Waals surface area contributed by atoms with Crippen LogP contribution in [0.15, 0.2) is 24.3 Å². The molecule has 0 aliphatic carbocycles. The zero-order chi connectivity index (χ0) is 13.9. The van der Waals surface area contributed by atoms with Crippen molar-refractivity contribution in [3.05, 3.63) is 29.8 Å². The Kier molecular flexibility index (Phi) is 3.96. The number of nitrogens with one attached hydrogen (secondary N) is 2. The minimum Gasteiger partial charge on any atom is -0.384 e. The number of nitrogen functional groups attached to an aromatic ring is 1. The number of hydrogen-bond acceptors (Lipinski definition) is 2. The van der Waals surface area contributed by atoms with Crippen LogP contribution in [-0.2, 0) is 0 Å². The predicted octanol–water partition coefficient (Wildman–Crippen LogP) is 1.91. The van der Waals surface area contributed by atoms with Gasteiger partial charge in [0, 0.05) is 23.8 Å². The van der Waals surface area contributed by atoms with Crippen molar-refractivity contribution in [2.45, 2.75) is 26.3 Å². The van der Waals surface area contributed by atoms with E-state index in [9.17, 15) is 4.79 Å². The fourth-order valence-electron chi connectivity index (χ4n) is 1.40. The molecule has 5 heteroatoms. The van der Waals surface area contributed by atoms with E-state index in [1.807, 2.05) is 20.8 Å². The molecule has 1 aromatic rings. The minimum atomic E-state index is -0.288. The number of amidine groups is 1. The van der Waals surface area contributed by atoms with Gasteiger partial charge in [0.05, 0.1) is 0 Å². The van der Waals surface area contributed by atoms with Crippen molar-refractivity contribution in [2.75, 3.05) is 11.9 Å². The lowest BCUT2D eigenvalue weighted by molar-refractivity contribution is 0.239. The van der Waals surface area contributed by atoms with Crippen LogP contribution in [0.1, 0.15) is 26.3 Å². The van der Waals surface area contributed by atoms with Crippen molar-refractivity contribution < 1.29 is 4.79 Å². The standard InChI is InChI=1S/C13H20N4O/c1-13(2,3)16-12(18)17(4)10-7-5-6-9(8-10)11(14)15/h5-8H,1-4H3,(H3,14,15)(H,16,18). The van der Waals surface area contributed by atoms with Gasteiger partial charge in [-0.1, -0.05) is 12.1 Å². The molecule has 0 radical (unpaired) electrons. The molecule has 0 saturated heterocycles. The Labute approximate surface area is 107 Å². The van der Waals surface area contributed by atoms with Gasteiger partial charge in [0.2, 0.25) is 0 Å². The molecule has 0 fully saturated rings. The van der Waals surface area contributed by atoms with Gasteiger partial charge >= 0.3 is 6.03 Å². The zero-order valence-corrected chi connectivity index (χ0v) is 11.2. The van der Waals surface area contributed by atoms with E-state index in [2.05, 4.69) is 5.32 Å². The second kappa shape index (κ2) is 5.08. The molecule has 0 unspecified atom stereocenters. The summed E-state index contributed by atoms with van der Waals surface area (Å²) >= 11 is 0. The van der Waals surface area contributed by atoms with E-state index in [0.717, 1.165) is 0 Å². The fraction of sp³-hybridized carbons (Fsp3) is 0.385. The zero-order valence-electron chi connectivity index (χ0n) is 11.2. The number of carbonyl (C=O) groups is 1. The van der Waals surface area contributed by atoms with Gasteiger partial charge in [0.25, 0.3) is 0 Å². The van der Waals surface area contributed by atoms with E-state index < -0.39 is 0 Å². The van der Waals surface area contributed by atoms with E-state index in [1.54, 1.807) is 31.3 Å². The van der Waals surface area contributed by atoms with Crippen molar-refractivity contribution in [2.24, 2.45) is 5.73 Å². The van der Waals surface area contributed by atoms with Crippen LogP contribution in [0, 0.1) is 5.41 Å². The molecular weight excluding hydrogens is 228 g/mol. The van der Waals surface area contributed by atoms with E-state index in [0.29, 0.717) is 11.3 Å². The topological polar surface area (TPSA) is 82.2 Å². The molecule has 1 rings (SSSR count). The Balaban J connectivity index is 2.90. The summed E-state index contributed by atoms with van der Waals surface area (Å²) in [5, 5.41) is 10.3. The van der Waals surface area contributed by atoms with Gasteiger partial charge in [-0.2, -0.15) is 0 Å². The number of carbonyl (C=O) groups excluding carboxylic acids is 1. The van der Waals surface area contributed by atoms with Crippen molar-refractivity contribution in [3.63, 3.8) is 0 Å². The van der Waals surface area contributed by atoms with E-state index in [4.69, 9.17) is 11.1 Å². The summed E-state index contributed by atoms with van der Waals surface area (Å²) in [5.41, 5.74) is 6.44. The van der Waals surface area contributed by atoms with E-state index >= 15 is 0 Å². The van der Waals surface area contributed by atoms with Gasteiger partial charge in [-0.05, 0) is 32.9 Å². The predicted molar refractivity (Wildman–Crippen MR) is 74.1 cm³/mol. The average molecular weight is 248 g/mol. The quantitative estimate of drug-likeness (QED) is 0.552. The van der Waals surface area contributed by atoms with Crippen molar-refractivity contribution in [1.82, 2.24) is 5.32 Å². The van der Waals surface area contributed by atoms with Crippen LogP contribution >= 0.6 is 0 Å². The van der Waals surface area contributed by atoms with Gasteiger partial charge in [-0.15, -0.1) is 0 Å². The van der Waals surface area contributed by atoms with Crippen LogP contribution in [0.4, 0.5) is 10.5 Å². The van der Waals surface area contributed by atoms with Crippen LogP contribution in [0.5, 0.6) is 0 Å². The van der Waals surface area contributed by atoms with E-state index in [-0.39, 0.29) is 17.4 Å². The molecule has 5 nitrogen and oxygen atoms in total. The molecule has 0 atom stereocenters. The molecule has 0 aliphatic rings. The minimum absolute atomic E-state index is 0.0125. The first kappa shape index (κ1) is 14.0. The SMILES string of the molecule is CN(C(=O)NC(C)(C)C)c1cccc(C(=N)N)c1. The number of hydrogen-bond donors (Lipinski definition) is 3. The summed E-state index contributed by atoms with van der Waals surface area (Å²) in [6, 6.07) is 6.83. The lowest BCUT2D eigenvalue weighted by atomic mass is 10.1. The summed E-state index contributed by atoms with van der Waals surface area (Å²) < 4.78 is 0. The summed E-state index contributed by atoms with van der Waals surface area (Å²) in [6.07, 6.45) is 0. The Bertz CT molecular complexity index is 462. The number of nitrogens with two attached hydrogens (primary N) is 1. The first-order valence-corrected chi connectivity index (χ1v) is 5.71. The highest BCUT2D eigenvalue weighted by molar-refractivity contribution is 5.98. The number of rotatable bonds is 2. The molecule has 2 amide bonds. The third-order valence-electron chi connectivity index (χ3n) is 2.33. The molecule has 0 aromatic heterocycles. The number of benzene rings is 1. The Hall–Kier alpha value is -2.04. The lowest BCUT2D eigenvalue weighted by Gasteiger charge is -2.26. The van der Waals surface area contributed by atoms with Gasteiger partial charge in [-0.3, -0.25) is 10.3 Å². The Morgan fingerprint density at radius 3 is 2.50 bits per heavy atom. The maximum Gasteiger partial charge on any atom is 0.322 e. The highest BCUT2D eigenvalue weighted by Gasteiger charge is 2.18. The molecule has 1 aromatic carbocycles. The van der Waals surface area contributed by atoms with Crippen molar-refractivity contribution >= 4 is 17.6 Å². The number of nitrogens with zero attached hydrogens (tertiary/aromatic N) is 1. The summed E-state index contributed by atoms with van der Waals surface area (Å²) in [5.74, 6) is -0.0125. The van der Waals surface area contributed by atoms with Gasteiger partial charge in [0.1, 0.15) is 5.84 Å². The summed E-state index contributed by atoms with van der Waals surface area (Å²) in [4.78, 5) is 13.5. The smallest absolute Gasteiger partial charge is 0.322 e. The first-order valence-electron chi connectivity index (χ1n) is 5.71. The van der Waals surface area contributed by atoms with Crippen LogP contribution in [0.25, 0.3) is 0 Å². The van der Waals surface area contributed by atoms with Gasteiger partial charge < -0.3 is 11.1 Å². The molecule has 0 spiro atoms. The normalized spacial score (nSPS) is 10.9. The monoisotopic (exact) mass is 248 g/mol. The Morgan fingerprint density at radius 1 is 1.39 bits per heavy atom. The second-order valence-electron chi connectivity index (χ2n) is 5.20. The molecule has 0 saturated carbocycles. The van der Waals surface area contributed by atoms with Crippen LogP contribution < -0.4 is 16.0 Å². The molecule has 4 N–H and O–H groups in total. The molecule has 18 heavy (non-hydrogen) atoms. The van der Waals surface area contributed by atoms with Crippen molar-refractivity contribution in [3.8, 4) is 0 Å².